The number of rotatable bonds is 9. The van der Waals surface area contributed by atoms with E-state index in [1.807, 2.05) is 32.0 Å². The molecule has 2 rings (SSSR count). The lowest BCUT2D eigenvalue weighted by Crippen LogP contribution is -2.12. The van der Waals surface area contributed by atoms with Gasteiger partial charge in [-0.05, 0) is 54.9 Å². The number of ether oxygens (including phenoxy) is 2. The zero-order valence-electron chi connectivity index (χ0n) is 13.2. The molecular weight excluding hydrogens is 282 g/mol. The van der Waals surface area contributed by atoms with Gasteiger partial charge in [-0.2, -0.15) is 0 Å². The van der Waals surface area contributed by atoms with Crippen molar-refractivity contribution in [2.24, 2.45) is 5.73 Å². The molecule has 0 unspecified atom stereocenters. The first kappa shape index (κ1) is 16.2. The van der Waals surface area contributed by atoms with E-state index in [9.17, 15) is 0 Å². The first-order valence-electron chi connectivity index (χ1n) is 7.62. The molecule has 7 nitrogen and oxygen atoms in total. The van der Waals surface area contributed by atoms with Crippen LogP contribution in [-0.2, 0) is 19.4 Å². The first-order chi connectivity index (χ1) is 10.8. The zero-order valence-corrected chi connectivity index (χ0v) is 13.2. The third-order valence-electron chi connectivity index (χ3n) is 3.19. The van der Waals surface area contributed by atoms with Crippen molar-refractivity contribution in [3.63, 3.8) is 0 Å². The van der Waals surface area contributed by atoms with Crippen LogP contribution in [0.2, 0.25) is 0 Å². The summed E-state index contributed by atoms with van der Waals surface area (Å²) in [4.78, 5) is 0. The van der Waals surface area contributed by atoms with Crippen molar-refractivity contribution in [3.05, 3.63) is 29.6 Å². The van der Waals surface area contributed by atoms with E-state index in [4.69, 9.17) is 15.2 Å². The summed E-state index contributed by atoms with van der Waals surface area (Å²) in [6.45, 7) is 6.40. The molecule has 2 N–H and O–H groups in total. The van der Waals surface area contributed by atoms with Crippen LogP contribution < -0.4 is 15.2 Å². The molecule has 0 spiro atoms. The van der Waals surface area contributed by atoms with Crippen LogP contribution in [0.15, 0.2) is 18.2 Å². The van der Waals surface area contributed by atoms with Crippen molar-refractivity contribution in [3.8, 4) is 11.5 Å². The van der Waals surface area contributed by atoms with Gasteiger partial charge in [-0.25, -0.2) is 4.68 Å². The van der Waals surface area contributed by atoms with Gasteiger partial charge in [0.05, 0.1) is 13.2 Å². The Morgan fingerprint density at radius 3 is 2.59 bits per heavy atom. The van der Waals surface area contributed by atoms with E-state index in [0.717, 1.165) is 29.3 Å². The van der Waals surface area contributed by atoms with Gasteiger partial charge in [0.2, 0.25) is 0 Å². The molecule has 2 aromatic rings. The van der Waals surface area contributed by atoms with E-state index >= 15 is 0 Å². The Hall–Kier alpha value is -2.15. The maximum absolute atomic E-state index is 5.64. The van der Waals surface area contributed by atoms with Crippen LogP contribution in [0, 0.1) is 0 Å². The summed E-state index contributed by atoms with van der Waals surface area (Å²) >= 11 is 0. The zero-order chi connectivity index (χ0) is 15.8. The Morgan fingerprint density at radius 1 is 1.09 bits per heavy atom. The van der Waals surface area contributed by atoms with Crippen molar-refractivity contribution in [2.45, 2.75) is 33.2 Å². The minimum Gasteiger partial charge on any atom is -0.490 e. The SMILES string of the molecule is CCOc1ccc(CCn2nnnc2CCN)cc1OCC. The molecule has 0 radical (unpaired) electrons. The number of aromatic nitrogens is 4. The number of tetrazole rings is 1. The summed E-state index contributed by atoms with van der Waals surface area (Å²) in [5.41, 5.74) is 6.71. The van der Waals surface area contributed by atoms with Crippen LogP contribution in [0.25, 0.3) is 0 Å². The summed E-state index contributed by atoms with van der Waals surface area (Å²) in [6.07, 6.45) is 1.50. The van der Waals surface area contributed by atoms with Gasteiger partial charge in [0.25, 0.3) is 0 Å². The highest BCUT2D eigenvalue weighted by Crippen LogP contribution is 2.28. The molecule has 1 aromatic carbocycles. The lowest BCUT2D eigenvalue weighted by atomic mass is 10.1. The summed E-state index contributed by atoms with van der Waals surface area (Å²) in [6, 6.07) is 6.01. The number of hydrogen-bond donors (Lipinski definition) is 1. The molecule has 0 aliphatic heterocycles. The predicted octanol–water partition coefficient (Wildman–Crippen LogP) is 1.21. The molecule has 0 atom stereocenters. The Morgan fingerprint density at radius 2 is 1.86 bits per heavy atom. The molecule has 0 amide bonds. The largest absolute Gasteiger partial charge is 0.490 e. The van der Waals surface area contributed by atoms with Gasteiger partial charge < -0.3 is 15.2 Å². The summed E-state index contributed by atoms with van der Waals surface area (Å²) in [5, 5.41) is 11.7. The quantitative estimate of drug-likeness (QED) is 0.749. The molecule has 0 aliphatic carbocycles. The maximum Gasteiger partial charge on any atom is 0.161 e. The van der Waals surface area contributed by atoms with Gasteiger partial charge in [-0.3, -0.25) is 0 Å². The van der Waals surface area contributed by atoms with E-state index in [1.54, 1.807) is 4.68 Å². The van der Waals surface area contributed by atoms with E-state index < -0.39 is 0 Å². The molecule has 22 heavy (non-hydrogen) atoms. The Balaban J connectivity index is 2.05. The summed E-state index contributed by atoms with van der Waals surface area (Å²) < 4.78 is 13.0. The second-order valence-electron chi connectivity index (χ2n) is 4.75. The third-order valence-corrected chi connectivity index (χ3v) is 3.19. The first-order valence-corrected chi connectivity index (χ1v) is 7.62. The van der Waals surface area contributed by atoms with E-state index in [-0.39, 0.29) is 0 Å². The number of nitrogens with two attached hydrogens (primary N) is 1. The molecule has 0 fully saturated rings. The van der Waals surface area contributed by atoms with Gasteiger partial charge in [0.15, 0.2) is 17.3 Å². The van der Waals surface area contributed by atoms with Crippen molar-refractivity contribution in [2.75, 3.05) is 19.8 Å². The maximum atomic E-state index is 5.64. The lowest BCUT2D eigenvalue weighted by Gasteiger charge is -2.12. The molecule has 0 bridgehead atoms. The summed E-state index contributed by atoms with van der Waals surface area (Å²) in [7, 11) is 0. The van der Waals surface area contributed by atoms with Gasteiger partial charge in [-0.15, -0.1) is 5.10 Å². The third kappa shape index (κ3) is 4.17. The fourth-order valence-electron chi connectivity index (χ4n) is 2.19. The lowest BCUT2D eigenvalue weighted by molar-refractivity contribution is 0.287. The average Bonchev–Trinajstić information content (AvgIpc) is 2.96. The van der Waals surface area contributed by atoms with E-state index in [0.29, 0.717) is 32.7 Å². The van der Waals surface area contributed by atoms with Crippen LogP contribution in [0.4, 0.5) is 0 Å². The highest BCUT2D eigenvalue weighted by Gasteiger charge is 2.08. The van der Waals surface area contributed by atoms with Crippen molar-refractivity contribution in [1.29, 1.82) is 0 Å². The van der Waals surface area contributed by atoms with Crippen LogP contribution in [-0.4, -0.2) is 40.0 Å². The second kappa shape index (κ2) is 8.33. The summed E-state index contributed by atoms with van der Waals surface area (Å²) in [5.74, 6) is 2.37. The number of nitrogens with zero attached hydrogens (tertiary/aromatic N) is 4. The number of hydrogen-bond acceptors (Lipinski definition) is 6. The van der Waals surface area contributed by atoms with Crippen LogP contribution in [0.1, 0.15) is 25.2 Å². The minimum atomic E-state index is 0.540. The number of aryl methyl sites for hydroxylation is 2. The molecule has 1 aromatic heterocycles. The predicted molar refractivity (Wildman–Crippen MR) is 83.1 cm³/mol. The monoisotopic (exact) mass is 305 g/mol. The molecule has 120 valence electrons. The molecule has 0 aliphatic rings. The fourth-order valence-corrected chi connectivity index (χ4v) is 2.19. The normalized spacial score (nSPS) is 10.7. The molecular formula is C15H23N5O2. The minimum absolute atomic E-state index is 0.540. The standard InChI is InChI=1S/C15H23N5O2/c1-3-21-13-6-5-12(11-14(13)22-4-2)8-10-20-15(7-9-16)17-18-19-20/h5-6,11H,3-4,7-10,16H2,1-2H3. The fraction of sp³-hybridized carbons (Fsp3) is 0.533. The Labute approximate surface area is 130 Å². The second-order valence-corrected chi connectivity index (χ2v) is 4.75. The molecule has 7 heteroatoms. The van der Waals surface area contributed by atoms with E-state index in [1.165, 1.54) is 0 Å². The average molecular weight is 305 g/mol. The van der Waals surface area contributed by atoms with Gasteiger partial charge >= 0.3 is 0 Å². The molecule has 0 saturated carbocycles. The smallest absolute Gasteiger partial charge is 0.161 e. The highest BCUT2D eigenvalue weighted by atomic mass is 16.5. The van der Waals surface area contributed by atoms with Crippen LogP contribution in [0.5, 0.6) is 11.5 Å². The Bertz CT molecular complexity index is 585. The Kier molecular flexibility index (Phi) is 6.14. The molecule has 0 saturated heterocycles. The highest BCUT2D eigenvalue weighted by molar-refractivity contribution is 5.43. The van der Waals surface area contributed by atoms with Crippen molar-refractivity contribution in [1.82, 2.24) is 20.2 Å². The van der Waals surface area contributed by atoms with Crippen molar-refractivity contribution >= 4 is 0 Å². The number of benzene rings is 1. The van der Waals surface area contributed by atoms with Gasteiger partial charge in [-0.1, -0.05) is 6.07 Å². The van der Waals surface area contributed by atoms with Gasteiger partial charge in [0.1, 0.15) is 0 Å². The van der Waals surface area contributed by atoms with Crippen LogP contribution >= 0.6 is 0 Å². The van der Waals surface area contributed by atoms with Crippen molar-refractivity contribution < 1.29 is 9.47 Å². The van der Waals surface area contributed by atoms with E-state index in [2.05, 4.69) is 15.5 Å². The van der Waals surface area contributed by atoms with Gasteiger partial charge in [0, 0.05) is 13.0 Å². The topological polar surface area (TPSA) is 88.1 Å². The molecule has 1 heterocycles. The van der Waals surface area contributed by atoms with Crippen LogP contribution in [0.3, 0.4) is 0 Å².